The van der Waals surface area contributed by atoms with E-state index in [4.69, 9.17) is 9.47 Å². The number of carbonyl (C=O) groups is 5. The van der Waals surface area contributed by atoms with E-state index in [1.165, 1.54) is 7.11 Å². The van der Waals surface area contributed by atoms with Crippen LogP contribution in [0.5, 0.6) is 0 Å². The van der Waals surface area contributed by atoms with Crippen LogP contribution in [0.15, 0.2) is 30.3 Å². The van der Waals surface area contributed by atoms with Gasteiger partial charge in [0, 0.05) is 6.42 Å². The summed E-state index contributed by atoms with van der Waals surface area (Å²) in [5, 5.41) is 22.0. The molecule has 1 aromatic rings. The minimum Gasteiger partial charge on any atom is -0.467 e. The van der Waals surface area contributed by atoms with E-state index in [0.717, 1.165) is 5.56 Å². The lowest BCUT2D eigenvalue weighted by molar-refractivity contribution is -0.145. The number of rotatable bonds is 17. The van der Waals surface area contributed by atoms with Crippen LogP contribution in [0.25, 0.3) is 0 Å². The number of hydrogen-bond donors (Lipinski definition) is 5. The number of aliphatic hydroxyl groups excluding tert-OH is 1. The van der Waals surface area contributed by atoms with Gasteiger partial charge in [0.15, 0.2) is 0 Å². The Morgan fingerprint density at radius 3 is 1.87 bits per heavy atom. The summed E-state index contributed by atoms with van der Waals surface area (Å²) < 4.78 is 10.2. The Kier molecular flexibility index (Phi) is 16.8. The van der Waals surface area contributed by atoms with Gasteiger partial charge in [-0.15, -0.1) is 0 Å². The second-order valence-electron chi connectivity index (χ2n) is 13.9. The molecule has 0 aromatic heterocycles. The van der Waals surface area contributed by atoms with Gasteiger partial charge in [-0.2, -0.15) is 0 Å². The number of ether oxygens (including phenoxy) is 2. The summed E-state index contributed by atoms with van der Waals surface area (Å²) in [7, 11) is 1.24. The zero-order valence-corrected chi connectivity index (χ0v) is 29.1. The van der Waals surface area contributed by atoms with Crippen molar-refractivity contribution < 1.29 is 38.6 Å². The molecule has 1 rings (SSSR count). The Labute approximate surface area is 274 Å². The first-order chi connectivity index (χ1) is 21.3. The van der Waals surface area contributed by atoms with Crippen molar-refractivity contribution in [2.75, 3.05) is 7.11 Å². The van der Waals surface area contributed by atoms with E-state index in [1.807, 2.05) is 58.0 Å². The molecule has 12 heteroatoms. The molecule has 0 fully saturated rings. The lowest BCUT2D eigenvalue weighted by atomic mass is 9.95. The maximum absolute atomic E-state index is 13.3. The smallest absolute Gasteiger partial charge is 0.408 e. The quantitative estimate of drug-likeness (QED) is 0.160. The summed E-state index contributed by atoms with van der Waals surface area (Å²) in [4.78, 5) is 64.7. The Balaban J connectivity index is 3.01. The topological polar surface area (TPSA) is 172 Å². The van der Waals surface area contributed by atoms with Crippen LogP contribution in [-0.4, -0.2) is 77.9 Å². The summed E-state index contributed by atoms with van der Waals surface area (Å²) in [5.41, 5.74) is 0.0705. The van der Waals surface area contributed by atoms with Crippen LogP contribution in [0.2, 0.25) is 0 Å². The number of carbonyl (C=O) groups excluding carboxylic acids is 5. The van der Waals surface area contributed by atoms with Gasteiger partial charge in [-0.05, 0) is 56.9 Å². The third-order valence-electron chi connectivity index (χ3n) is 6.98. The average molecular weight is 649 g/mol. The van der Waals surface area contributed by atoms with E-state index in [-0.39, 0.29) is 24.2 Å². The van der Waals surface area contributed by atoms with Crippen molar-refractivity contribution in [3.63, 3.8) is 0 Å². The second-order valence-corrected chi connectivity index (χ2v) is 13.9. The van der Waals surface area contributed by atoms with Gasteiger partial charge in [0.05, 0.1) is 25.7 Å². The highest BCUT2D eigenvalue weighted by atomic mass is 16.6. The van der Waals surface area contributed by atoms with Crippen molar-refractivity contribution in [2.45, 2.75) is 124 Å². The second kappa shape index (κ2) is 19.1. The van der Waals surface area contributed by atoms with Gasteiger partial charge in [-0.25, -0.2) is 9.59 Å². The van der Waals surface area contributed by atoms with Crippen LogP contribution in [-0.2, 0) is 35.1 Å². The molecule has 5 atom stereocenters. The van der Waals surface area contributed by atoms with Crippen molar-refractivity contribution in [1.82, 2.24) is 21.3 Å². The fourth-order valence-electron chi connectivity index (χ4n) is 4.80. The lowest BCUT2D eigenvalue weighted by Gasteiger charge is -2.30. The maximum atomic E-state index is 13.3. The molecule has 4 amide bonds. The molecule has 0 aliphatic rings. The van der Waals surface area contributed by atoms with Crippen LogP contribution in [0.4, 0.5) is 4.79 Å². The first-order valence-corrected chi connectivity index (χ1v) is 16.0. The average Bonchev–Trinajstić information content (AvgIpc) is 2.93. The molecule has 0 aliphatic heterocycles. The molecule has 1 unspecified atom stereocenters. The van der Waals surface area contributed by atoms with Crippen LogP contribution >= 0.6 is 0 Å². The third kappa shape index (κ3) is 15.6. The van der Waals surface area contributed by atoms with Gasteiger partial charge in [0.1, 0.15) is 23.7 Å². The van der Waals surface area contributed by atoms with Gasteiger partial charge < -0.3 is 35.8 Å². The van der Waals surface area contributed by atoms with Crippen molar-refractivity contribution >= 4 is 29.8 Å². The number of esters is 1. The molecule has 1 aromatic carbocycles. The molecule has 0 saturated heterocycles. The number of methoxy groups -OCH3 is 1. The first kappa shape index (κ1) is 40.4. The van der Waals surface area contributed by atoms with E-state index < -0.39 is 72.1 Å². The molecule has 260 valence electrons. The monoisotopic (exact) mass is 648 g/mol. The van der Waals surface area contributed by atoms with Crippen molar-refractivity contribution in [3.05, 3.63) is 35.9 Å². The molecular formula is C34H56N4O8. The largest absolute Gasteiger partial charge is 0.467 e. The summed E-state index contributed by atoms with van der Waals surface area (Å²) in [6.07, 6.45) is -1.52. The molecule has 0 bridgehead atoms. The minimum atomic E-state index is -1.29. The number of amides is 4. The van der Waals surface area contributed by atoms with E-state index in [9.17, 15) is 29.1 Å². The molecule has 0 heterocycles. The SMILES string of the molecule is COC(=O)[C@H](Cc1ccccc1)NC(=O)[C@@H](NC(=O)C[C@H](O)C(CC(C)C)NC(=O)[C@H](CC(C)C)NC(=O)OC(C)(C)C)C(C)C. The molecule has 0 aliphatic carbocycles. The summed E-state index contributed by atoms with van der Waals surface area (Å²) >= 11 is 0. The van der Waals surface area contributed by atoms with Crippen LogP contribution in [0.3, 0.4) is 0 Å². The summed E-state index contributed by atoms with van der Waals surface area (Å²) in [5.74, 6) is -2.52. The molecule has 12 nitrogen and oxygen atoms in total. The van der Waals surface area contributed by atoms with E-state index in [2.05, 4.69) is 21.3 Å². The predicted molar refractivity (Wildman–Crippen MR) is 175 cm³/mol. The summed E-state index contributed by atoms with van der Waals surface area (Å²) in [6, 6.07) is 5.45. The fourth-order valence-corrected chi connectivity index (χ4v) is 4.80. The minimum absolute atomic E-state index is 0.0550. The number of benzene rings is 1. The molecular weight excluding hydrogens is 592 g/mol. The molecule has 0 saturated carbocycles. The van der Waals surface area contributed by atoms with Crippen molar-refractivity contribution in [3.8, 4) is 0 Å². The lowest BCUT2D eigenvalue weighted by Crippen LogP contribution is -2.56. The molecule has 0 spiro atoms. The van der Waals surface area contributed by atoms with Gasteiger partial charge in [0.25, 0.3) is 0 Å². The molecule has 0 radical (unpaired) electrons. The zero-order valence-electron chi connectivity index (χ0n) is 29.1. The van der Waals surface area contributed by atoms with Gasteiger partial charge >= 0.3 is 12.1 Å². The van der Waals surface area contributed by atoms with Gasteiger partial charge in [0.2, 0.25) is 17.7 Å². The normalized spacial score (nSPS) is 14.9. The van der Waals surface area contributed by atoms with Crippen molar-refractivity contribution in [1.29, 1.82) is 0 Å². The van der Waals surface area contributed by atoms with E-state index in [0.29, 0.717) is 12.8 Å². The number of alkyl carbamates (subject to hydrolysis) is 1. The number of hydrogen-bond acceptors (Lipinski definition) is 8. The maximum Gasteiger partial charge on any atom is 0.408 e. The van der Waals surface area contributed by atoms with E-state index in [1.54, 1.807) is 34.6 Å². The Bertz CT molecular complexity index is 1130. The molecule has 5 N–H and O–H groups in total. The number of aliphatic hydroxyl groups is 1. The predicted octanol–water partition coefficient (Wildman–Crippen LogP) is 3.25. The van der Waals surface area contributed by atoms with Gasteiger partial charge in [-0.3, -0.25) is 14.4 Å². The first-order valence-electron chi connectivity index (χ1n) is 16.0. The standard InChI is InChI=1S/C34H56N4O8/c1-20(2)16-24(35-30(41)25(17-21(3)4)37-33(44)46-34(7,8)9)27(39)19-28(40)38-29(22(5)6)31(42)36-26(32(43)45-10)18-23-14-12-11-13-15-23/h11-15,20-22,24-27,29,39H,16-19H2,1-10H3,(H,35,41)(H,36,42)(H,37,44)(H,38,40)/t24?,25-,26-,27-,29-/m0/s1. The highest BCUT2D eigenvalue weighted by Gasteiger charge is 2.33. The van der Waals surface area contributed by atoms with Crippen LogP contribution in [0, 0.1) is 17.8 Å². The van der Waals surface area contributed by atoms with Gasteiger partial charge in [-0.1, -0.05) is 71.9 Å². The third-order valence-corrected chi connectivity index (χ3v) is 6.98. The highest BCUT2D eigenvalue weighted by Crippen LogP contribution is 2.15. The Morgan fingerprint density at radius 1 is 0.783 bits per heavy atom. The van der Waals surface area contributed by atoms with Crippen LogP contribution in [0.1, 0.15) is 87.1 Å². The summed E-state index contributed by atoms with van der Waals surface area (Å²) in [6.45, 7) is 16.3. The zero-order chi connectivity index (χ0) is 35.2. The van der Waals surface area contributed by atoms with Crippen molar-refractivity contribution in [2.24, 2.45) is 17.8 Å². The fraction of sp³-hybridized carbons (Fsp3) is 0.676. The molecule has 46 heavy (non-hydrogen) atoms. The Hall–Kier alpha value is -3.67. The number of nitrogens with one attached hydrogen (secondary N) is 4. The Morgan fingerprint density at radius 2 is 1.37 bits per heavy atom. The van der Waals surface area contributed by atoms with E-state index >= 15 is 0 Å². The highest BCUT2D eigenvalue weighted by molar-refractivity contribution is 5.91. The van der Waals surface area contributed by atoms with Crippen LogP contribution < -0.4 is 21.3 Å².